The summed E-state index contributed by atoms with van der Waals surface area (Å²) < 4.78 is 2.69. The van der Waals surface area contributed by atoms with E-state index in [2.05, 4.69) is 10.0 Å². The molecular formula is C5H9IN2O3S. The van der Waals surface area contributed by atoms with Crippen molar-refractivity contribution in [1.82, 2.24) is 10.0 Å². The summed E-state index contributed by atoms with van der Waals surface area (Å²) in [6, 6.07) is -0.835. The third-order valence-corrected chi connectivity index (χ3v) is 2.22. The van der Waals surface area contributed by atoms with Gasteiger partial charge in [0.2, 0.25) is 5.91 Å². The Morgan fingerprint density at radius 3 is 2.67 bits per heavy atom. The zero-order valence-electron chi connectivity index (χ0n) is 6.33. The first-order valence-electron chi connectivity index (χ1n) is 3.10. The lowest BCUT2D eigenvalue weighted by Gasteiger charge is -2.08. The summed E-state index contributed by atoms with van der Waals surface area (Å²) >= 11 is 1.98. The van der Waals surface area contributed by atoms with Crippen LogP contribution in [0.1, 0.15) is 6.92 Å². The lowest BCUT2D eigenvalue weighted by atomic mass is 10.3. The molecule has 0 spiro atoms. The molecule has 0 rings (SSSR count). The lowest BCUT2D eigenvalue weighted by molar-refractivity contribution is -0.141. The van der Waals surface area contributed by atoms with E-state index in [0.29, 0.717) is 0 Å². The molecule has 0 aromatic carbocycles. The molecule has 0 heterocycles. The van der Waals surface area contributed by atoms with E-state index in [9.17, 15) is 9.59 Å². The molecule has 1 unspecified atom stereocenters. The number of halogens is 1. The molecule has 0 radical (unpaired) electrons. The highest BCUT2D eigenvalue weighted by Gasteiger charge is 2.12. The van der Waals surface area contributed by atoms with Crippen molar-refractivity contribution in [2.24, 2.45) is 0 Å². The van der Waals surface area contributed by atoms with Gasteiger partial charge in [-0.1, -0.05) is 0 Å². The van der Waals surface area contributed by atoms with Gasteiger partial charge >= 0.3 is 5.97 Å². The van der Waals surface area contributed by atoms with Gasteiger partial charge in [-0.3, -0.25) is 9.59 Å². The van der Waals surface area contributed by atoms with Crippen LogP contribution < -0.4 is 10.0 Å². The second-order valence-corrected chi connectivity index (χ2v) is 3.79. The number of rotatable bonds is 5. The molecule has 0 aliphatic rings. The Morgan fingerprint density at radius 2 is 2.25 bits per heavy atom. The van der Waals surface area contributed by atoms with Gasteiger partial charge in [0.25, 0.3) is 0 Å². The van der Waals surface area contributed by atoms with Gasteiger partial charge in [-0.15, -0.1) is 0 Å². The number of nitrogens with one attached hydrogen (secondary N) is 2. The fourth-order valence-corrected chi connectivity index (χ4v) is 1.10. The van der Waals surface area contributed by atoms with Crippen LogP contribution in [0.15, 0.2) is 0 Å². The molecule has 0 fully saturated rings. The van der Waals surface area contributed by atoms with Gasteiger partial charge in [0.15, 0.2) is 0 Å². The molecule has 0 saturated heterocycles. The van der Waals surface area contributed by atoms with E-state index in [1.165, 1.54) is 16.0 Å². The average Bonchev–Trinajstić information content (AvgIpc) is 2.00. The van der Waals surface area contributed by atoms with E-state index in [1.54, 1.807) is 0 Å². The van der Waals surface area contributed by atoms with Crippen molar-refractivity contribution in [3.63, 3.8) is 0 Å². The predicted octanol–water partition coefficient (Wildman–Crippen LogP) is 0.163. The molecule has 0 aromatic rings. The number of carbonyl (C=O) groups excluding carboxylic acids is 1. The molecule has 7 heteroatoms. The maximum absolute atomic E-state index is 10.9. The van der Waals surface area contributed by atoms with Crippen LogP contribution in [0.5, 0.6) is 0 Å². The standard InChI is InChI=1S/C5H9IN2O3S/c1-3(5(10)11)8-4(9)2-7-12-6/h3,7H,2H2,1H3,(H,8,9)(H,10,11). The molecule has 1 atom stereocenters. The number of hydrogen-bond acceptors (Lipinski definition) is 4. The summed E-state index contributed by atoms with van der Waals surface area (Å²) in [5, 5.41) is 10.7. The first kappa shape index (κ1) is 12.0. The Bertz CT molecular complexity index is 178. The van der Waals surface area contributed by atoms with E-state index in [-0.39, 0.29) is 12.5 Å². The Kier molecular flexibility index (Phi) is 6.48. The number of amides is 1. The van der Waals surface area contributed by atoms with Crippen molar-refractivity contribution in [2.45, 2.75) is 13.0 Å². The van der Waals surface area contributed by atoms with Crippen molar-refractivity contribution in [3.05, 3.63) is 0 Å². The van der Waals surface area contributed by atoms with Gasteiger partial charge in [0, 0.05) is 21.2 Å². The normalized spacial score (nSPS) is 12.2. The molecule has 0 saturated carbocycles. The monoisotopic (exact) mass is 304 g/mol. The number of carboxylic acid groups (broad SMARTS) is 1. The summed E-state index contributed by atoms with van der Waals surface area (Å²) in [6.07, 6.45) is 0. The topological polar surface area (TPSA) is 78.4 Å². The molecule has 0 bridgehead atoms. The highest BCUT2D eigenvalue weighted by Crippen LogP contribution is 2.02. The van der Waals surface area contributed by atoms with Gasteiger partial charge in [0.05, 0.1) is 6.54 Å². The lowest BCUT2D eigenvalue weighted by Crippen LogP contribution is -2.41. The molecule has 1 amide bonds. The summed E-state index contributed by atoms with van der Waals surface area (Å²) in [7, 11) is 1.28. The Labute approximate surface area is 86.4 Å². The van der Waals surface area contributed by atoms with Crippen LogP contribution >= 0.6 is 30.3 Å². The fraction of sp³-hybridized carbons (Fsp3) is 0.600. The maximum atomic E-state index is 10.9. The first-order valence-corrected chi connectivity index (χ1v) is 6.46. The Balaban J connectivity index is 3.61. The maximum Gasteiger partial charge on any atom is 0.325 e. The predicted molar refractivity (Wildman–Crippen MR) is 54.9 cm³/mol. The van der Waals surface area contributed by atoms with Gasteiger partial charge in [0.1, 0.15) is 6.04 Å². The number of carboxylic acids is 1. The summed E-state index contributed by atoms with van der Waals surface area (Å²) in [5.41, 5.74) is 0. The third kappa shape index (κ3) is 5.61. The fourth-order valence-electron chi connectivity index (χ4n) is 0.447. The van der Waals surface area contributed by atoms with Crippen LogP contribution in [-0.4, -0.2) is 29.6 Å². The Morgan fingerprint density at radius 1 is 1.67 bits per heavy atom. The van der Waals surface area contributed by atoms with Gasteiger partial charge < -0.3 is 10.4 Å². The van der Waals surface area contributed by atoms with Crippen LogP contribution in [0.25, 0.3) is 0 Å². The van der Waals surface area contributed by atoms with Crippen LogP contribution in [-0.2, 0) is 9.59 Å². The van der Waals surface area contributed by atoms with Crippen molar-refractivity contribution >= 4 is 42.2 Å². The quantitative estimate of drug-likeness (QED) is 0.498. The number of carbonyl (C=O) groups is 2. The summed E-state index contributed by atoms with van der Waals surface area (Å²) in [4.78, 5) is 21.1. The van der Waals surface area contributed by atoms with E-state index < -0.39 is 12.0 Å². The minimum Gasteiger partial charge on any atom is -0.480 e. The highest BCUT2D eigenvalue weighted by molar-refractivity contribution is 14.2. The molecule has 0 aliphatic heterocycles. The molecule has 12 heavy (non-hydrogen) atoms. The molecular weight excluding hydrogens is 295 g/mol. The summed E-state index contributed by atoms with van der Waals surface area (Å²) in [6.45, 7) is 1.53. The molecule has 5 nitrogen and oxygen atoms in total. The van der Waals surface area contributed by atoms with Crippen LogP contribution in [0, 0.1) is 0 Å². The van der Waals surface area contributed by atoms with Crippen LogP contribution in [0.4, 0.5) is 0 Å². The van der Waals surface area contributed by atoms with Gasteiger partial charge in [-0.2, -0.15) is 0 Å². The largest absolute Gasteiger partial charge is 0.480 e. The van der Waals surface area contributed by atoms with Crippen molar-refractivity contribution in [2.75, 3.05) is 6.54 Å². The molecule has 0 aromatic heterocycles. The second kappa shape index (κ2) is 6.49. The van der Waals surface area contributed by atoms with Crippen molar-refractivity contribution < 1.29 is 14.7 Å². The van der Waals surface area contributed by atoms with Gasteiger partial charge in [-0.25, -0.2) is 4.72 Å². The Hall–Kier alpha value is -0.0200. The van der Waals surface area contributed by atoms with Crippen molar-refractivity contribution in [3.8, 4) is 0 Å². The van der Waals surface area contributed by atoms with Gasteiger partial charge in [-0.05, 0) is 16.0 Å². The second-order valence-electron chi connectivity index (χ2n) is 2.03. The van der Waals surface area contributed by atoms with E-state index in [1.807, 2.05) is 21.2 Å². The number of hydrogen-bond donors (Lipinski definition) is 3. The summed E-state index contributed by atoms with van der Waals surface area (Å²) in [5.74, 6) is -1.36. The SMILES string of the molecule is CC(NC(=O)CNSI)C(=O)O. The third-order valence-electron chi connectivity index (χ3n) is 1.04. The number of aliphatic carboxylic acids is 1. The zero-order valence-corrected chi connectivity index (χ0v) is 9.31. The average molecular weight is 304 g/mol. The van der Waals surface area contributed by atoms with E-state index >= 15 is 0 Å². The van der Waals surface area contributed by atoms with Crippen molar-refractivity contribution in [1.29, 1.82) is 0 Å². The van der Waals surface area contributed by atoms with E-state index in [4.69, 9.17) is 5.11 Å². The minimum absolute atomic E-state index is 0.116. The van der Waals surface area contributed by atoms with Crippen LogP contribution in [0.2, 0.25) is 0 Å². The highest BCUT2D eigenvalue weighted by atomic mass is 127. The van der Waals surface area contributed by atoms with Crippen LogP contribution in [0.3, 0.4) is 0 Å². The zero-order chi connectivity index (χ0) is 9.56. The minimum atomic E-state index is -1.04. The molecule has 3 N–H and O–H groups in total. The molecule has 0 aliphatic carbocycles. The first-order chi connectivity index (χ1) is 5.57. The smallest absolute Gasteiger partial charge is 0.325 e. The molecule has 70 valence electrons. The van der Waals surface area contributed by atoms with E-state index in [0.717, 1.165) is 0 Å².